The van der Waals surface area contributed by atoms with Crippen molar-refractivity contribution in [3.05, 3.63) is 16.3 Å². The lowest BCUT2D eigenvalue weighted by Gasteiger charge is -2.36. The molecule has 1 fully saturated rings. The minimum absolute atomic E-state index is 0.253. The van der Waals surface area contributed by atoms with Crippen LogP contribution < -0.4 is 4.90 Å². The van der Waals surface area contributed by atoms with Gasteiger partial charge in [0.1, 0.15) is 16.5 Å². The highest BCUT2D eigenvalue weighted by Gasteiger charge is 2.28. The van der Waals surface area contributed by atoms with Crippen LogP contribution in [0.4, 0.5) is 5.82 Å². The molecule has 0 spiro atoms. The summed E-state index contributed by atoms with van der Waals surface area (Å²) in [6, 6.07) is 0. The molecular formula is C17H23N3OS. The average Bonchev–Trinajstić information content (AvgIpc) is 2.83. The summed E-state index contributed by atoms with van der Waals surface area (Å²) in [4.78, 5) is 14.7. The van der Waals surface area contributed by atoms with E-state index in [0.717, 1.165) is 24.7 Å². The maximum atomic E-state index is 5.89. The van der Waals surface area contributed by atoms with Crippen molar-refractivity contribution >= 4 is 27.4 Å². The number of aryl methyl sites for hydroxylation is 3. The topological polar surface area (TPSA) is 38.2 Å². The molecule has 2 aromatic heterocycles. The molecule has 0 bridgehead atoms. The summed E-state index contributed by atoms with van der Waals surface area (Å²) in [7, 11) is 0. The van der Waals surface area contributed by atoms with Gasteiger partial charge in [-0.05, 0) is 52.0 Å². The maximum Gasteiger partial charge on any atom is 0.141 e. The van der Waals surface area contributed by atoms with E-state index in [9.17, 15) is 0 Å². The van der Waals surface area contributed by atoms with Crippen LogP contribution in [0.25, 0.3) is 10.2 Å². The molecule has 1 aliphatic heterocycles. The Morgan fingerprint density at radius 1 is 1.09 bits per heavy atom. The molecule has 2 atom stereocenters. The van der Waals surface area contributed by atoms with Gasteiger partial charge in [0.25, 0.3) is 0 Å². The highest BCUT2D eigenvalue weighted by Crippen LogP contribution is 2.40. The monoisotopic (exact) mass is 317 g/mol. The molecule has 3 heterocycles. The molecule has 0 amide bonds. The number of aromatic nitrogens is 2. The van der Waals surface area contributed by atoms with Crippen LogP contribution in [0.1, 0.15) is 43.0 Å². The molecule has 22 heavy (non-hydrogen) atoms. The summed E-state index contributed by atoms with van der Waals surface area (Å²) >= 11 is 1.88. The van der Waals surface area contributed by atoms with Crippen molar-refractivity contribution in [2.45, 2.75) is 58.7 Å². The first-order chi connectivity index (χ1) is 10.6. The third-order valence-corrected chi connectivity index (χ3v) is 5.81. The van der Waals surface area contributed by atoms with E-state index in [4.69, 9.17) is 14.7 Å². The highest BCUT2D eigenvalue weighted by atomic mass is 32.1. The van der Waals surface area contributed by atoms with E-state index in [1.165, 1.54) is 46.3 Å². The molecule has 4 rings (SSSR count). The van der Waals surface area contributed by atoms with Gasteiger partial charge in [-0.2, -0.15) is 0 Å². The highest BCUT2D eigenvalue weighted by molar-refractivity contribution is 7.19. The molecule has 0 saturated carbocycles. The van der Waals surface area contributed by atoms with Crippen LogP contribution in [-0.4, -0.2) is 35.3 Å². The lowest BCUT2D eigenvalue weighted by atomic mass is 9.96. The second kappa shape index (κ2) is 5.46. The molecule has 0 radical (unpaired) electrons. The Bertz CT molecular complexity index is 701. The lowest BCUT2D eigenvalue weighted by Crippen LogP contribution is -2.46. The normalized spacial score (nSPS) is 25.5. The Labute approximate surface area is 135 Å². The zero-order chi connectivity index (χ0) is 15.3. The molecular weight excluding hydrogens is 294 g/mol. The van der Waals surface area contributed by atoms with Crippen molar-refractivity contribution < 1.29 is 4.74 Å². The quantitative estimate of drug-likeness (QED) is 0.807. The second-order valence-electron chi connectivity index (χ2n) is 6.65. The largest absolute Gasteiger partial charge is 0.372 e. The van der Waals surface area contributed by atoms with Crippen LogP contribution in [0.3, 0.4) is 0 Å². The van der Waals surface area contributed by atoms with Gasteiger partial charge in [0.2, 0.25) is 0 Å². The summed E-state index contributed by atoms with van der Waals surface area (Å²) in [5, 5.41) is 1.33. The molecule has 4 nitrogen and oxygen atoms in total. The van der Waals surface area contributed by atoms with Gasteiger partial charge in [-0.15, -0.1) is 11.3 Å². The summed E-state index contributed by atoms with van der Waals surface area (Å²) in [6.07, 6.45) is 5.51. The van der Waals surface area contributed by atoms with Gasteiger partial charge in [0, 0.05) is 18.0 Å². The fourth-order valence-corrected chi connectivity index (χ4v) is 5.12. The first-order valence-electron chi connectivity index (χ1n) is 8.31. The first-order valence-corrected chi connectivity index (χ1v) is 9.12. The van der Waals surface area contributed by atoms with Gasteiger partial charge in [-0.25, -0.2) is 9.97 Å². The van der Waals surface area contributed by atoms with Gasteiger partial charge in [0.05, 0.1) is 17.6 Å². The van der Waals surface area contributed by atoms with Crippen molar-refractivity contribution in [1.82, 2.24) is 9.97 Å². The number of rotatable bonds is 1. The number of morpholine rings is 1. The number of fused-ring (bicyclic) bond motifs is 3. The Morgan fingerprint density at radius 2 is 1.82 bits per heavy atom. The predicted molar refractivity (Wildman–Crippen MR) is 91.0 cm³/mol. The van der Waals surface area contributed by atoms with Crippen molar-refractivity contribution in [2.24, 2.45) is 0 Å². The van der Waals surface area contributed by atoms with Gasteiger partial charge >= 0.3 is 0 Å². The van der Waals surface area contributed by atoms with Crippen LogP contribution in [0.15, 0.2) is 0 Å². The van der Waals surface area contributed by atoms with E-state index in [1.54, 1.807) is 0 Å². The summed E-state index contributed by atoms with van der Waals surface area (Å²) in [6.45, 7) is 8.14. The van der Waals surface area contributed by atoms with Crippen LogP contribution >= 0.6 is 11.3 Å². The number of hydrogen-bond acceptors (Lipinski definition) is 5. The van der Waals surface area contributed by atoms with E-state index in [0.29, 0.717) is 0 Å². The zero-order valence-corrected chi connectivity index (χ0v) is 14.4. The van der Waals surface area contributed by atoms with Crippen molar-refractivity contribution in [3.63, 3.8) is 0 Å². The molecule has 1 saturated heterocycles. The second-order valence-corrected chi connectivity index (χ2v) is 7.73. The molecule has 1 aliphatic carbocycles. The van der Waals surface area contributed by atoms with E-state index in [2.05, 4.69) is 18.7 Å². The van der Waals surface area contributed by atoms with E-state index < -0.39 is 0 Å². The van der Waals surface area contributed by atoms with Crippen molar-refractivity contribution in [1.29, 1.82) is 0 Å². The summed E-state index contributed by atoms with van der Waals surface area (Å²) < 4.78 is 5.89. The molecule has 0 unspecified atom stereocenters. The van der Waals surface area contributed by atoms with E-state index >= 15 is 0 Å². The number of thiophene rings is 1. The Hall–Kier alpha value is -1.20. The number of hydrogen-bond donors (Lipinski definition) is 0. The third kappa shape index (κ3) is 2.40. The predicted octanol–water partition coefficient (Wildman–Crippen LogP) is 3.49. The van der Waals surface area contributed by atoms with Gasteiger partial charge < -0.3 is 9.64 Å². The Kier molecular flexibility index (Phi) is 3.57. The van der Waals surface area contributed by atoms with Crippen LogP contribution in [0.2, 0.25) is 0 Å². The SMILES string of the molecule is Cc1nc(N2C[C@@H](C)O[C@@H](C)C2)c2c3c(sc2n1)CCCC3. The minimum Gasteiger partial charge on any atom is -0.372 e. The van der Waals surface area contributed by atoms with Crippen molar-refractivity contribution in [3.8, 4) is 0 Å². The molecule has 2 aliphatic rings. The van der Waals surface area contributed by atoms with Gasteiger partial charge in [0.15, 0.2) is 0 Å². The summed E-state index contributed by atoms with van der Waals surface area (Å²) in [5.41, 5.74) is 1.52. The van der Waals surface area contributed by atoms with Crippen LogP contribution in [0, 0.1) is 6.92 Å². The lowest BCUT2D eigenvalue weighted by molar-refractivity contribution is -0.00538. The Morgan fingerprint density at radius 3 is 2.59 bits per heavy atom. The molecule has 118 valence electrons. The molecule has 0 aromatic carbocycles. The smallest absolute Gasteiger partial charge is 0.141 e. The van der Waals surface area contributed by atoms with Crippen LogP contribution in [0.5, 0.6) is 0 Å². The number of ether oxygens (including phenoxy) is 1. The third-order valence-electron chi connectivity index (χ3n) is 4.63. The molecule has 5 heteroatoms. The fourth-order valence-electron chi connectivity index (χ4n) is 3.82. The van der Waals surface area contributed by atoms with Crippen LogP contribution in [-0.2, 0) is 17.6 Å². The van der Waals surface area contributed by atoms with Crippen molar-refractivity contribution in [2.75, 3.05) is 18.0 Å². The van der Waals surface area contributed by atoms with E-state index in [-0.39, 0.29) is 12.2 Å². The minimum atomic E-state index is 0.253. The zero-order valence-electron chi connectivity index (χ0n) is 13.6. The standard InChI is InChI=1S/C17H23N3OS/c1-10-8-20(9-11(2)21-10)16-15-13-6-4-5-7-14(13)22-17(15)19-12(3)18-16/h10-11H,4-9H2,1-3H3/t10-,11+. The van der Waals surface area contributed by atoms with Gasteiger partial charge in [-0.1, -0.05) is 0 Å². The molecule has 0 N–H and O–H groups in total. The van der Waals surface area contributed by atoms with Gasteiger partial charge in [-0.3, -0.25) is 0 Å². The first kappa shape index (κ1) is 14.4. The average molecular weight is 317 g/mol. The Balaban J connectivity index is 1.87. The maximum absolute atomic E-state index is 5.89. The number of nitrogens with zero attached hydrogens (tertiary/aromatic N) is 3. The summed E-state index contributed by atoms with van der Waals surface area (Å²) in [5.74, 6) is 2.02. The van der Waals surface area contributed by atoms with E-state index in [1.807, 2.05) is 18.3 Å². The number of anilines is 1. The fraction of sp³-hybridized carbons (Fsp3) is 0.647. The molecule has 2 aromatic rings.